The first-order valence-electron chi connectivity index (χ1n) is 7.72. The Morgan fingerprint density at radius 2 is 1.86 bits per heavy atom. The van der Waals surface area contributed by atoms with Crippen LogP contribution < -0.4 is 5.32 Å². The minimum absolute atomic E-state index is 0.185. The van der Waals surface area contributed by atoms with Gasteiger partial charge in [-0.15, -0.1) is 0 Å². The van der Waals surface area contributed by atoms with Gasteiger partial charge in [0.25, 0.3) is 0 Å². The Labute approximate surface area is 127 Å². The van der Waals surface area contributed by atoms with Gasteiger partial charge in [-0.05, 0) is 32.4 Å². The topological polar surface area (TPSA) is 51.0 Å². The van der Waals surface area contributed by atoms with Gasteiger partial charge in [0.2, 0.25) is 5.89 Å². The molecule has 0 spiro atoms. The summed E-state index contributed by atoms with van der Waals surface area (Å²) >= 11 is 0. The maximum Gasteiger partial charge on any atom is 0.237 e. The molecule has 0 aliphatic rings. The maximum absolute atomic E-state index is 5.62. The molecule has 1 aromatic heterocycles. The normalized spacial score (nSPS) is 13.3. The van der Waals surface area contributed by atoms with E-state index in [9.17, 15) is 0 Å². The number of benzene rings is 1. The zero-order valence-electron chi connectivity index (χ0n) is 13.4. The van der Waals surface area contributed by atoms with Crippen LogP contribution in [0.4, 0.5) is 0 Å². The lowest BCUT2D eigenvalue weighted by molar-refractivity contribution is 0.294. The Morgan fingerprint density at radius 3 is 2.43 bits per heavy atom. The van der Waals surface area contributed by atoms with Crippen molar-refractivity contribution in [1.82, 2.24) is 15.5 Å². The molecule has 0 radical (unpaired) electrons. The Bertz CT molecular complexity index is 546. The number of hydrogen-bond donors (Lipinski definition) is 1. The molecule has 0 fully saturated rings. The van der Waals surface area contributed by atoms with E-state index >= 15 is 0 Å². The summed E-state index contributed by atoms with van der Waals surface area (Å²) in [7, 11) is 1.94. The Morgan fingerprint density at radius 1 is 1.19 bits per heavy atom. The van der Waals surface area contributed by atoms with E-state index in [1.54, 1.807) is 0 Å². The van der Waals surface area contributed by atoms with Crippen LogP contribution in [0.25, 0.3) is 0 Å². The third kappa shape index (κ3) is 3.16. The summed E-state index contributed by atoms with van der Waals surface area (Å²) in [6.07, 6.45) is 2.66. The number of hydrogen-bond acceptors (Lipinski definition) is 4. The molecule has 0 amide bonds. The van der Waals surface area contributed by atoms with Crippen LogP contribution in [0.5, 0.6) is 0 Å². The van der Waals surface area contributed by atoms with Crippen molar-refractivity contribution >= 4 is 0 Å². The highest BCUT2D eigenvalue weighted by Gasteiger charge is 2.36. The van der Waals surface area contributed by atoms with Crippen molar-refractivity contribution in [3.05, 3.63) is 47.6 Å². The molecule has 1 unspecified atom stereocenters. The Kier molecular flexibility index (Phi) is 5.12. The molecule has 0 aliphatic heterocycles. The van der Waals surface area contributed by atoms with E-state index in [0.717, 1.165) is 31.0 Å². The monoisotopic (exact) mass is 287 g/mol. The molecule has 0 aliphatic carbocycles. The minimum atomic E-state index is -0.185. The molecule has 1 atom stereocenters. The highest BCUT2D eigenvalue weighted by molar-refractivity contribution is 5.31. The van der Waals surface area contributed by atoms with E-state index in [0.29, 0.717) is 6.04 Å². The van der Waals surface area contributed by atoms with E-state index in [-0.39, 0.29) is 5.41 Å². The molecular weight excluding hydrogens is 262 g/mol. The molecule has 0 saturated heterocycles. The van der Waals surface area contributed by atoms with Crippen molar-refractivity contribution in [2.75, 3.05) is 7.05 Å². The van der Waals surface area contributed by atoms with Crippen LogP contribution in [0.3, 0.4) is 0 Å². The summed E-state index contributed by atoms with van der Waals surface area (Å²) in [4.78, 5) is 4.67. The van der Waals surface area contributed by atoms with Crippen LogP contribution in [0.15, 0.2) is 34.9 Å². The van der Waals surface area contributed by atoms with Gasteiger partial charge in [0.1, 0.15) is 0 Å². The second-order valence-corrected chi connectivity index (χ2v) is 5.56. The molecular formula is C17H25N3O. The van der Waals surface area contributed by atoms with Gasteiger partial charge in [-0.3, -0.25) is 0 Å². The second-order valence-electron chi connectivity index (χ2n) is 5.56. The quantitative estimate of drug-likeness (QED) is 0.848. The maximum atomic E-state index is 5.62. The Balaban J connectivity index is 2.35. The fourth-order valence-electron chi connectivity index (χ4n) is 2.75. The first kappa shape index (κ1) is 15.7. The number of nitrogens with zero attached hydrogens (tertiary/aromatic N) is 2. The molecule has 4 nitrogen and oxygen atoms in total. The zero-order chi connectivity index (χ0) is 15.3. The van der Waals surface area contributed by atoms with E-state index < -0.39 is 0 Å². The van der Waals surface area contributed by atoms with Gasteiger partial charge in [0.15, 0.2) is 5.82 Å². The van der Waals surface area contributed by atoms with E-state index in [1.807, 2.05) is 13.1 Å². The summed E-state index contributed by atoms with van der Waals surface area (Å²) in [5.74, 6) is 1.51. The third-order valence-corrected chi connectivity index (χ3v) is 4.39. The van der Waals surface area contributed by atoms with Crippen molar-refractivity contribution in [2.24, 2.45) is 0 Å². The minimum Gasteiger partial charge on any atom is -0.338 e. The van der Waals surface area contributed by atoms with Gasteiger partial charge in [-0.25, -0.2) is 0 Å². The van der Waals surface area contributed by atoms with E-state index in [1.165, 1.54) is 5.56 Å². The van der Waals surface area contributed by atoms with E-state index in [2.05, 4.69) is 60.5 Å². The van der Waals surface area contributed by atoms with Crippen molar-refractivity contribution in [1.29, 1.82) is 0 Å². The van der Waals surface area contributed by atoms with Crippen molar-refractivity contribution in [3.8, 4) is 0 Å². The summed E-state index contributed by atoms with van der Waals surface area (Å²) in [5, 5.41) is 7.36. The standard InChI is InChI=1S/C17H25N3O/c1-5-17(6-2,14-10-8-7-9-11-14)16-19-15(20-21-16)12-13(3)18-4/h7-11,13,18H,5-6,12H2,1-4H3. The van der Waals surface area contributed by atoms with Crippen molar-refractivity contribution < 1.29 is 4.52 Å². The largest absolute Gasteiger partial charge is 0.338 e. The lowest BCUT2D eigenvalue weighted by atomic mass is 9.75. The highest BCUT2D eigenvalue weighted by Crippen LogP contribution is 2.37. The lowest BCUT2D eigenvalue weighted by Gasteiger charge is -2.28. The molecule has 2 aromatic rings. The molecule has 1 aromatic carbocycles. The molecule has 1 N–H and O–H groups in total. The molecule has 0 saturated carbocycles. The first-order valence-corrected chi connectivity index (χ1v) is 7.72. The number of aromatic nitrogens is 2. The second kappa shape index (κ2) is 6.85. The van der Waals surface area contributed by atoms with Gasteiger partial charge in [-0.2, -0.15) is 4.98 Å². The van der Waals surface area contributed by atoms with Gasteiger partial charge in [-0.1, -0.05) is 49.3 Å². The summed E-state index contributed by atoms with van der Waals surface area (Å²) in [5.41, 5.74) is 1.06. The van der Waals surface area contributed by atoms with Crippen LogP contribution in [0.1, 0.15) is 50.9 Å². The summed E-state index contributed by atoms with van der Waals surface area (Å²) in [6, 6.07) is 10.8. The van der Waals surface area contributed by atoms with Crippen LogP contribution in [0.2, 0.25) is 0 Å². The smallest absolute Gasteiger partial charge is 0.237 e. The van der Waals surface area contributed by atoms with Crippen molar-refractivity contribution in [3.63, 3.8) is 0 Å². The lowest BCUT2D eigenvalue weighted by Crippen LogP contribution is -2.27. The predicted molar refractivity (Wildman–Crippen MR) is 84.3 cm³/mol. The first-order chi connectivity index (χ1) is 10.2. The van der Waals surface area contributed by atoms with Crippen LogP contribution >= 0.6 is 0 Å². The Hall–Kier alpha value is -1.68. The van der Waals surface area contributed by atoms with Gasteiger partial charge < -0.3 is 9.84 Å². The SMILES string of the molecule is CCC(CC)(c1ccccc1)c1nc(CC(C)NC)no1. The number of rotatable bonds is 7. The average Bonchev–Trinajstić information content (AvgIpc) is 2.99. The fraction of sp³-hybridized carbons (Fsp3) is 0.529. The molecule has 4 heteroatoms. The summed E-state index contributed by atoms with van der Waals surface area (Å²) < 4.78 is 5.62. The van der Waals surface area contributed by atoms with E-state index in [4.69, 9.17) is 4.52 Å². The highest BCUT2D eigenvalue weighted by atomic mass is 16.5. The summed E-state index contributed by atoms with van der Waals surface area (Å²) in [6.45, 7) is 6.47. The molecule has 0 bridgehead atoms. The van der Waals surface area contributed by atoms with Gasteiger partial charge in [0.05, 0.1) is 5.41 Å². The van der Waals surface area contributed by atoms with Crippen molar-refractivity contribution in [2.45, 2.75) is 51.5 Å². The van der Waals surface area contributed by atoms with Crippen LogP contribution in [0, 0.1) is 0 Å². The fourth-order valence-corrected chi connectivity index (χ4v) is 2.75. The molecule has 1 heterocycles. The molecule has 114 valence electrons. The molecule has 2 rings (SSSR count). The third-order valence-electron chi connectivity index (χ3n) is 4.39. The van der Waals surface area contributed by atoms with Gasteiger partial charge in [0, 0.05) is 12.5 Å². The van der Waals surface area contributed by atoms with Crippen LogP contribution in [-0.4, -0.2) is 23.2 Å². The average molecular weight is 287 g/mol. The number of likely N-dealkylation sites (N-methyl/N-ethyl adjacent to an activating group) is 1. The molecule has 21 heavy (non-hydrogen) atoms. The van der Waals surface area contributed by atoms with Gasteiger partial charge >= 0.3 is 0 Å². The number of nitrogens with one attached hydrogen (secondary N) is 1. The predicted octanol–water partition coefficient (Wildman–Crippen LogP) is 3.33. The zero-order valence-corrected chi connectivity index (χ0v) is 13.4. The van der Waals surface area contributed by atoms with Crippen LogP contribution in [-0.2, 0) is 11.8 Å².